The van der Waals surface area contributed by atoms with Gasteiger partial charge in [-0.25, -0.2) is 13.2 Å². The zero-order valence-electron chi connectivity index (χ0n) is 9.60. The first-order valence-electron chi connectivity index (χ1n) is 5.25. The zero-order chi connectivity index (χ0) is 13.3. The van der Waals surface area contributed by atoms with Crippen molar-refractivity contribution in [2.24, 2.45) is 0 Å². The van der Waals surface area contributed by atoms with Gasteiger partial charge in [-0.3, -0.25) is 0 Å². The Bertz CT molecular complexity index is 597. The Hall–Kier alpha value is -2.17. The summed E-state index contributed by atoms with van der Waals surface area (Å²) in [7, 11) is 0. The predicted molar refractivity (Wildman–Crippen MR) is 65.2 cm³/mol. The monoisotopic (exact) mass is 252 g/mol. The lowest BCUT2D eigenvalue weighted by atomic mass is 10.1. The van der Waals surface area contributed by atoms with Crippen LogP contribution in [-0.4, -0.2) is 0 Å². The van der Waals surface area contributed by atoms with Crippen molar-refractivity contribution in [2.75, 3.05) is 11.1 Å². The molecule has 0 aliphatic carbocycles. The van der Waals surface area contributed by atoms with Crippen LogP contribution in [0.3, 0.4) is 0 Å². The van der Waals surface area contributed by atoms with E-state index < -0.39 is 17.5 Å². The number of anilines is 3. The van der Waals surface area contributed by atoms with Gasteiger partial charge in [-0.2, -0.15) is 0 Å². The van der Waals surface area contributed by atoms with Gasteiger partial charge in [-0.05, 0) is 36.8 Å². The molecule has 0 aromatic heterocycles. The van der Waals surface area contributed by atoms with E-state index in [4.69, 9.17) is 5.73 Å². The van der Waals surface area contributed by atoms with Crippen LogP contribution in [0.5, 0.6) is 0 Å². The van der Waals surface area contributed by atoms with Gasteiger partial charge in [0.05, 0.1) is 11.4 Å². The van der Waals surface area contributed by atoms with E-state index in [1.54, 1.807) is 6.92 Å². The van der Waals surface area contributed by atoms with Crippen LogP contribution in [-0.2, 0) is 0 Å². The van der Waals surface area contributed by atoms with Gasteiger partial charge in [-0.1, -0.05) is 0 Å². The fourth-order valence-corrected chi connectivity index (χ4v) is 1.53. The minimum Gasteiger partial charge on any atom is -0.397 e. The van der Waals surface area contributed by atoms with Gasteiger partial charge < -0.3 is 11.1 Å². The van der Waals surface area contributed by atoms with Crippen LogP contribution in [0, 0.1) is 24.4 Å². The van der Waals surface area contributed by atoms with Gasteiger partial charge in [0.1, 0.15) is 5.82 Å². The summed E-state index contributed by atoms with van der Waals surface area (Å²) >= 11 is 0. The molecule has 0 atom stereocenters. The fraction of sp³-hybridized carbons (Fsp3) is 0.0769. The van der Waals surface area contributed by atoms with Crippen molar-refractivity contribution < 1.29 is 13.2 Å². The van der Waals surface area contributed by atoms with Crippen LogP contribution < -0.4 is 11.1 Å². The second kappa shape index (κ2) is 4.60. The molecule has 0 spiro atoms. The molecular formula is C13H11F3N2. The summed E-state index contributed by atoms with van der Waals surface area (Å²) in [4.78, 5) is 0. The molecule has 0 aliphatic heterocycles. The minimum atomic E-state index is -0.961. The fourth-order valence-electron chi connectivity index (χ4n) is 1.53. The topological polar surface area (TPSA) is 38.0 Å². The third kappa shape index (κ3) is 2.40. The lowest BCUT2D eigenvalue weighted by molar-refractivity contribution is 0.509. The molecule has 0 saturated heterocycles. The Labute approximate surface area is 102 Å². The van der Waals surface area contributed by atoms with Gasteiger partial charge in [0.15, 0.2) is 11.6 Å². The molecule has 18 heavy (non-hydrogen) atoms. The SMILES string of the molecule is Cc1cc(Nc2ccc(F)c(F)c2)c(N)cc1F. The van der Waals surface area contributed by atoms with Crippen LogP contribution in [0.1, 0.15) is 5.56 Å². The molecule has 3 N–H and O–H groups in total. The maximum Gasteiger partial charge on any atom is 0.160 e. The molecule has 5 heteroatoms. The first-order chi connectivity index (χ1) is 8.47. The summed E-state index contributed by atoms with van der Waals surface area (Å²) in [6, 6.07) is 6.07. The molecule has 0 heterocycles. The molecule has 94 valence electrons. The van der Waals surface area contributed by atoms with E-state index >= 15 is 0 Å². The van der Waals surface area contributed by atoms with E-state index in [0.29, 0.717) is 16.9 Å². The molecule has 0 radical (unpaired) electrons. The number of hydrogen-bond acceptors (Lipinski definition) is 2. The molecule has 0 amide bonds. The second-order valence-corrected chi connectivity index (χ2v) is 3.94. The van der Waals surface area contributed by atoms with E-state index in [1.807, 2.05) is 0 Å². The number of nitrogens with two attached hydrogens (primary N) is 1. The van der Waals surface area contributed by atoms with Crippen LogP contribution in [0.15, 0.2) is 30.3 Å². The summed E-state index contributed by atoms with van der Waals surface area (Å²) in [5, 5.41) is 2.81. The maximum atomic E-state index is 13.2. The van der Waals surface area contributed by atoms with E-state index in [2.05, 4.69) is 5.32 Å². The summed E-state index contributed by atoms with van der Waals surface area (Å²) < 4.78 is 39.0. The number of aryl methyl sites for hydroxylation is 1. The van der Waals surface area contributed by atoms with Crippen LogP contribution in [0.25, 0.3) is 0 Å². The molecule has 0 bridgehead atoms. The van der Waals surface area contributed by atoms with Crippen molar-refractivity contribution >= 4 is 17.1 Å². The van der Waals surface area contributed by atoms with E-state index in [-0.39, 0.29) is 5.69 Å². The molecular weight excluding hydrogens is 241 g/mol. The Morgan fingerprint density at radius 3 is 2.33 bits per heavy atom. The van der Waals surface area contributed by atoms with E-state index in [1.165, 1.54) is 18.2 Å². The third-order valence-corrected chi connectivity index (χ3v) is 2.53. The summed E-state index contributed by atoms with van der Waals surface area (Å²) in [5.74, 6) is -2.30. The Morgan fingerprint density at radius 2 is 1.67 bits per heavy atom. The molecule has 2 nitrogen and oxygen atoms in total. The van der Waals surface area contributed by atoms with Crippen molar-refractivity contribution in [2.45, 2.75) is 6.92 Å². The Balaban J connectivity index is 2.34. The first kappa shape index (κ1) is 12.3. The quantitative estimate of drug-likeness (QED) is 0.799. The third-order valence-electron chi connectivity index (χ3n) is 2.53. The predicted octanol–water partition coefficient (Wildman–Crippen LogP) is 3.74. The van der Waals surface area contributed by atoms with Gasteiger partial charge in [-0.15, -0.1) is 0 Å². The summed E-state index contributed by atoms with van der Waals surface area (Å²) in [6.45, 7) is 1.59. The molecule has 0 aliphatic rings. The van der Waals surface area contributed by atoms with Crippen molar-refractivity contribution in [3.8, 4) is 0 Å². The van der Waals surface area contributed by atoms with Crippen molar-refractivity contribution in [3.63, 3.8) is 0 Å². The first-order valence-corrected chi connectivity index (χ1v) is 5.25. The number of benzene rings is 2. The number of nitrogen functional groups attached to an aromatic ring is 1. The molecule has 0 fully saturated rings. The smallest absolute Gasteiger partial charge is 0.160 e. The van der Waals surface area contributed by atoms with Gasteiger partial charge in [0.2, 0.25) is 0 Å². The number of halogens is 3. The summed E-state index contributed by atoms with van der Waals surface area (Å²) in [5.41, 5.74) is 7.03. The lowest BCUT2D eigenvalue weighted by Crippen LogP contribution is -1.99. The number of rotatable bonds is 2. The van der Waals surface area contributed by atoms with Crippen molar-refractivity contribution in [1.29, 1.82) is 0 Å². The second-order valence-electron chi connectivity index (χ2n) is 3.94. The van der Waals surface area contributed by atoms with Crippen LogP contribution in [0.2, 0.25) is 0 Å². The average Bonchev–Trinajstić information content (AvgIpc) is 2.31. The lowest BCUT2D eigenvalue weighted by Gasteiger charge is -2.11. The highest BCUT2D eigenvalue weighted by molar-refractivity contribution is 5.73. The van der Waals surface area contributed by atoms with Crippen LogP contribution in [0.4, 0.5) is 30.2 Å². The van der Waals surface area contributed by atoms with E-state index in [0.717, 1.165) is 12.1 Å². The van der Waals surface area contributed by atoms with Crippen molar-refractivity contribution in [1.82, 2.24) is 0 Å². The van der Waals surface area contributed by atoms with Crippen molar-refractivity contribution in [3.05, 3.63) is 53.3 Å². The highest BCUT2D eigenvalue weighted by Crippen LogP contribution is 2.26. The number of hydrogen-bond donors (Lipinski definition) is 2. The molecule has 0 unspecified atom stereocenters. The minimum absolute atomic E-state index is 0.197. The number of nitrogens with one attached hydrogen (secondary N) is 1. The average molecular weight is 252 g/mol. The molecule has 2 aromatic carbocycles. The van der Waals surface area contributed by atoms with Gasteiger partial charge >= 0.3 is 0 Å². The van der Waals surface area contributed by atoms with E-state index in [9.17, 15) is 13.2 Å². The Kier molecular flexibility index (Phi) is 3.14. The molecule has 0 saturated carbocycles. The highest BCUT2D eigenvalue weighted by Gasteiger charge is 2.07. The maximum absolute atomic E-state index is 13.2. The van der Waals surface area contributed by atoms with Crippen LogP contribution >= 0.6 is 0 Å². The standard InChI is InChI=1S/C13H11F3N2/c1-7-4-13(12(17)6-10(7)15)18-8-2-3-9(14)11(16)5-8/h2-6,18H,17H2,1H3. The summed E-state index contributed by atoms with van der Waals surface area (Å²) in [6.07, 6.45) is 0. The largest absolute Gasteiger partial charge is 0.397 e. The highest BCUT2D eigenvalue weighted by atomic mass is 19.2. The molecule has 2 aromatic rings. The molecule has 2 rings (SSSR count). The van der Waals surface area contributed by atoms with Gasteiger partial charge in [0, 0.05) is 11.8 Å². The normalized spacial score (nSPS) is 10.4. The van der Waals surface area contributed by atoms with Gasteiger partial charge in [0.25, 0.3) is 0 Å². The Morgan fingerprint density at radius 1 is 0.944 bits per heavy atom. The zero-order valence-corrected chi connectivity index (χ0v) is 9.60.